The summed E-state index contributed by atoms with van der Waals surface area (Å²) in [5.41, 5.74) is 2.44. The van der Waals surface area contributed by atoms with Crippen molar-refractivity contribution in [2.24, 2.45) is 0 Å². The molecule has 102 valence electrons. The standard InChI is InChI=1S/C16H13BrO2S/c17-13-8-6-12(7-9-13)15-16(20-15)18-10-14(19-16)11-4-2-1-3-5-11/h1-9,14-15H,10H2/t14-,15-,16?/m1/s1. The van der Waals surface area contributed by atoms with Gasteiger partial charge < -0.3 is 9.47 Å². The molecule has 2 nitrogen and oxygen atoms in total. The molecule has 2 heterocycles. The van der Waals surface area contributed by atoms with Crippen molar-refractivity contribution < 1.29 is 9.47 Å². The smallest absolute Gasteiger partial charge is 0.236 e. The lowest BCUT2D eigenvalue weighted by Gasteiger charge is -2.10. The molecular weight excluding hydrogens is 336 g/mol. The second-order valence-corrected chi connectivity index (χ2v) is 7.17. The molecule has 0 bridgehead atoms. The van der Waals surface area contributed by atoms with Gasteiger partial charge in [-0.25, -0.2) is 0 Å². The molecule has 0 aliphatic carbocycles. The van der Waals surface area contributed by atoms with Gasteiger partial charge in [-0.1, -0.05) is 70.2 Å². The van der Waals surface area contributed by atoms with Crippen LogP contribution >= 0.6 is 27.7 Å². The van der Waals surface area contributed by atoms with E-state index in [-0.39, 0.29) is 11.4 Å². The molecule has 0 N–H and O–H groups in total. The van der Waals surface area contributed by atoms with Gasteiger partial charge >= 0.3 is 0 Å². The van der Waals surface area contributed by atoms with E-state index in [9.17, 15) is 0 Å². The zero-order chi connectivity index (χ0) is 13.6. The molecule has 2 aliphatic rings. The van der Waals surface area contributed by atoms with Crippen molar-refractivity contribution in [3.05, 3.63) is 70.2 Å². The van der Waals surface area contributed by atoms with Crippen molar-refractivity contribution in [1.82, 2.24) is 0 Å². The van der Waals surface area contributed by atoms with Gasteiger partial charge in [0.05, 0.1) is 11.9 Å². The molecule has 1 spiro atoms. The van der Waals surface area contributed by atoms with E-state index in [0.29, 0.717) is 6.61 Å². The second kappa shape index (κ2) is 4.88. The largest absolute Gasteiger partial charge is 0.337 e. The molecule has 2 fully saturated rings. The highest BCUT2D eigenvalue weighted by molar-refractivity contribution is 9.10. The van der Waals surface area contributed by atoms with Crippen LogP contribution in [0, 0.1) is 0 Å². The van der Waals surface area contributed by atoms with Gasteiger partial charge in [0, 0.05) is 4.47 Å². The first kappa shape index (κ1) is 12.9. The van der Waals surface area contributed by atoms with Gasteiger partial charge in [-0.15, -0.1) is 0 Å². The topological polar surface area (TPSA) is 18.5 Å². The van der Waals surface area contributed by atoms with Crippen LogP contribution in [-0.2, 0) is 9.47 Å². The van der Waals surface area contributed by atoms with Crippen molar-refractivity contribution >= 4 is 27.7 Å². The van der Waals surface area contributed by atoms with Gasteiger partial charge in [0.15, 0.2) is 0 Å². The lowest BCUT2D eigenvalue weighted by Crippen LogP contribution is -2.11. The van der Waals surface area contributed by atoms with E-state index < -0.39 is 5.12 Å². The molecule has 2 aromatic carbocycles. The van der Waals surface area contributed by atoms with Gasteiger partial charge in [0.2, 0.25) is 5.12 Å². The Labute approximate surface area is 130 Å². The summed E-state index contributed by atoms with van der Waals surface area (Å²) in [5, 5.41) is -0.182. The molecule has 2 saturated heterocycles. The number of halogens is 1. The van der Waals surface area contributed by atoms with Crippen molar-refractivity contribution in [2.45, 2.75) is 16.5 Å². The third-order valence-electron chi connectivity index (χ3n) is 3.63. The fraction of sp³-hybridized carbons (Fsp3) is 0.250. The molecule has 4 rings (SSSR count). The Morgan fingerprint density at radius 1 is 1.00 bits per heavy atom. The number of ether oxygens (including phenoxy) is 2. The van der Waals surface area contributed by atoms with Crippen molar-refractivity contribution in [1.29, 1.82) is 0 Å². The molecule has 1 unspecified atom stereocenters. The molecule has 2 aromatic rings. The molecule has 0 radical (unpaired) electrons. The van der Waals surface area contributed by atoms with Crippen LogP contribution in [0.25, 0.3) is 0 Å². The maximum Gasteiger partial charge on any atom is 0.236 e. The third kappa shape index (κ3) is 2.21. The Hall–Kier alpha value is -0.810. The Morgan fingerprint density at radius 2 is 1.75 bits per heavy atom. The number of hydrogen-bond donors (Lipinski definition) is 0. The average molecular weight is 349 g/mol. The Kier molecular flexibility index (Phi) is 3.15. The van der Waals surface area contributed by atoms with E-state index in [1.165, 1.54) is 11.1 Å². The Morgan fingerprint density at radius 3 is 2.50 bits per heavy atom. The van der Waals surface area contributed by atoms with Gasteiger partial charge in [0.1, 0.15) is 6.10 Å². The minimum Gasteiger partial charge on any atom is -0.337 e. The average Bonchev–Trinajstić information content (AvgIpc) is 3.01. The maximum atomic E-state index is 6.17. The first-order valence-electron chi connectivity index (χ1n) is 6.57. The van der Waals surface area contributed by atoms with Gasteiger partial charge in [-0.2, -0.15) is 0 Å². The SMILES string of the molecule is Brc1ccc([C@H]2SC23OC[C@H](c2ccccc2)O3)cc1. The first-order valence-corrected chi connectivity index (χ1v) is 8.24. The minimum absolute atomic E-state index is 0.0455. The maximum absolute atomic E-state index is 6.17. The first-order chi connectivity index (χ1) is 9.77. The number of hydrogen-bond acceptors (Lipinski definition) is 3. The molecule has 0 aromatic heterocycles. The van der Waals surface area contributed by atoms with Crippen LogP contribution in [-0.4, -0.2) is 11.7 Å². The van der Waals surface area contributed by atoms with Gasteiger partial charge in [0.25, 0.3) is 0 Å². The van der Waals surface area contributed by atoms with E-state index in [4.69, 9.17) is 9.47 Å². The number of benzene rings is 2. The van der Waals surface area contributed by atoms with Gasteiger partial charge in [-0.05, 0) is 23.3 Å². The molecule has 2 aliphatic heterocycles. The summed E-state index contributed by atoms with van der Waals surface area (Å²) < 4.78 is 13.2. The zero-order valence-electron chi connectivity index (χ0n) is 10.7. The summed E-state index contributed by atoms with van der Waals surface area (Å²) in [6, 6.07) is 18.6. The van der Waals surface area contributed by atoms with E-state index in [0.717, 1.165) is 4.47 Å². The van der Waals surface area contributed by atoms with Crippen LogP contribution in [0.1, 0.15) is 22.5 Å². The van der Waals surface area contributed by atoms with Gasteiger partial charge in [-0.3, -0.25) is 0 Å². The number of rotatable bonds is 2. The summed E-state index contributed by atoms with van der Waals surface area (Å²) in [6.45, 7) is 0.629. The second-order valence-electron chi connectivity index (χ2n) is 4.98. The summed E-state index contributed by atoms with van der Waals surface area (Å²) in [5.74, 6) is 0. The monoisotopic (exact) mass is 348 g/mol. The van der Waals surface area contributed by atoms with Crippen LogP contribution < -0.4 is 0 Å². The molecule has 20 heavy (non-hydrogen) atoms. The van der Waals surface area contributed by atoms with E-state index in [1.807, 2.05) is 18.2 Å². The van der Waals surface area contributed by atoms with Crippen molar-refractivity contribution in [2.75, 3.05) is 6.61 Å². The Bertz CT molecular complexity index is 616. The Balaban J connectivity index is 1.51. The van der Waals surface area contributed by atoms with Crippen LogP contribution in [0.5, 0.6) is 0 Å². The van der Waals surface area contributed by atoms with E-state index >= 15 is 0 Å². The van der Waals surface area contributed by atoms with Crippen LogP contribution in [0.15, 0.2) is 59.1 Å². The quantitative estimate of drug-likeness (QED) is 0.734. The highest BCUT2D eigenvalue weighted by Gasteiger charge is 2.64. The third-order valence-corrected chi connectivity index (χ3v) is 5.50. The van der Waals surface area contributed by atoms with E-state index in [1.54, 1.807) is 11.8 Å². The van der Waals surface area contributed by atoms with Crippen LogP contribution in [0.2, 0.25) is 0 Å². The lowest BCUT2D eigenvalue weighted by atomic mass is 10.1. The van der Waals surface area contributed by atoms with Crippen molar-refractivity contribution in [3.8, 4) is 0 Å². The highest BCUT2D eigenvalue weighted by atomic mass is 79.9. The van der Waals surface area contributed by atoms with Crippen molar-refractivity contribution in [3.63, 3.8) is 0 Å². The molecule has 0 saturated carbocycles. The highest BCUT2D eigenvalue weighted by Crippen LogP contribution is 2.69. The summed E-state index contributed by atoms with van der Waals surface area (Å²) >= 11 is 5.20. The molecule has 3 atom stereocenters. The lowest BCUT2D eigenvalue weighted by molar-refractivity contribution is -0.0627. The number of thioether (sulfide) groups is 1. The minimum atomic E-state index is -0.464. The van der Waals surface area contributed by atoms with E-state index in [2.05, 4.69) is 52.3 Å². The van der Waals surface area contributed by atoms with Crippen LogP contribution in [0.4, 0.5) is 0 Å². The normalized spacial score (nSPS) is 31.6. The van der Waals surface area contributed by atoms with Crippen LogP contribution in [0.3, 0.4) is 0 Å². The molecule has 4 heteroatoms. The predicted octanol–water partition coefficient (Wildman–Crippen LogP) is 4.68. The summed E-state index contributed by atoms with van der Waals surface area (Å²) in [7, 11) is 0. The summed E-state index contributed by atoms with van der Waals surface area (Å²) in [4.78, 5) is 0. The molecule has 0 amide bonds. The molecular formula is C16H13BrO2S. The summed E-state index contributed by atoms with van der Waals surface area (Å²) in [6.07, 6.45) is 0.0455. The zero-order valence-corrected chi connectivity index (χ0v) is 13.1. The predicted molar refractivity (Wildman–Crippen MR) is 83.4 cm³/mol. The fourth-order valence-electron chi connectivity index (χ4n) is 2.53. The fourth-order valence-corrected chi connectivity index (χ4v) is 3.91.